The average molecular weight is 429 g/mol. The molecule has 0 bridgehead atoms. The van der Waals surface area contributed by atoms with Crippen molar-refractivity contribution in [1.29, 1.82) is 0 Å². The largest absolute Gasteiger partial charge is 0.345 e. The Morgan fingerprint density at radius 1 is 0.967 bits per heavy atom. The van der Waals surface area contributed by atoms with Crippen LogP contribution in [0.5, 0.6) is 0 Å². The van der Waals surface area contributed by atoms with Gasteiger partial charge < -0.3 is 14.4 Å². The summed E-state index contributed by atoms with van der Waals surface area (Å²) in [5.41, 5.74) is 0.581. The summed E-state index contributed by atoms with van der Waals surface area (Å²) in [6.45, 7) is 3.53. The molecule has 30 heavy (non-hydrogen) atoms. The zero-order chi connectivity index (χ0) is 20.5. The zero-order valence-electron chi connectivity index (χ0n) is 17.4. The van der Waals surface area contributed by atoms with Crippen LogP contribution in [0.3, 0.4) is 0 Å². The summed E-state index contributed by atoms with van der Waals surface area (Å²) in [5, 5.41) is 9.60. The van der Waals surface area contributed by atoms with Crippen LogP contribution >= 0.6 is 11.6 Å². The van der Waals surface area contributed by atoms with E-state index in [2.05, 4.69) is 24.6 Å². The van der Waals surface area contributed by atoms with Crippen molar-refractivity contribution in [3.05, 3.63) is 34.5 Å². The summed E-state index contributed by atoms with van der Waals surface area (Å²) in [6.07, 6.45) is 11.7. The SMILES string of the molecule is O=C(c1cnc(N2CCCC2c2nnc3n2CCCCC3)c(Cl)c1)N1CCCCC1. The number of amides is 1. The molecule has 3 aliphatic heterocycles. The van der Waals surface area contributed by atoms with Gasteiger partial charge in [0.25, 0.3) is 5.91 Å². The van der Waals surface area contributed by atoms with Crippen LogP contribution in [-0.4, -0.2) is 50.2 Å². The molecule has 0 aliphatic carbocycles. The smallest absolute Gasteiger partial charge is 0.255 e. The Kier molecular flexibility index (Phi) is 5.63. The number of aromatic nitrogens is 4. The molecule has 2 aromatic rings. The molecule has 7 nitrogen and oxygen atoms in total. The van der Waals surface area contributed by atoms with Crippen LogP contribution in [0.2, 0.25) is 5.02 Å². The molecule has 0 radical (unpaired) electrons. The van der Waals surface area contributed by atoms with Gasteiger partial charge in [-0.2, -0.15) is 0 Å². The van der Waals surface area contributed by atoms with Crippen LogP contribution < -0.4 is 4.90 Å². The topological polar surface area (TPSA) is 67.2 Å². The Morgan fingerprint density at radius 3 is 2.60 bits per heavy atom. The number of fused-ring (bicyclic) bond motifs is 1. The number of halogens is 1. The average Bonchev–Trinajstić information content (AvgIpc) is 3.34. The monoisotopic (exact) mass is 428 g/mol. The summed E-state index contributed by atoms with van der Waals surface area (Å²) in [5.74, 6) is 2.93. The first kappa shape index (κ1) is 19.8. The zero-order valence-corrected chi connectivity index (χ0v) is 18.1. The number of rotatable bonds is 3. The van der Waals surface area contributed by atoms with Gasteiger partial charge in [-0.1, -0.05) is 18.0 Å². The number of hydrogen-bond donors (Lipinski definition) is 0. The van der Waals surface area contributed by atoms with Gasteiger partial charge in [0.1, 0.15) is 11.6 Å². The quantitative estimate of drug-likeness (QED) is 0.738. The van der Waals surface area contributed by atoms with E-state index in [9.17, 15) is 4.79 Å². The molecule has 5 rings (SSSR count). The van der Waals surface area contributed by atoms with Gasteiger partial charge in [-0.3, -0.25) is 4.79 Å². The Balaban J connectivity index is 1.40. The van der Waals surface area contributed by atoms with E-state index in [-0.39, 0.29) is 11.9 Å². The first-order valence-electron chi connectivity index (χ1n) is 11.4. The molecule has 1 unspecified atom stereocenters. The highest BCUT2D eigenvalue weighted by Gasteiger charge is 2.33. The summed E-state index contributed by atoms with van der Waals surface area (Å²) in [7, 11) is 0. The summed E-state index contributed by atoms with van der Waals surface area (Å²) >= 11 is 6.67. The van der Waals surface area contributed by atoms with E-state index in [1.165, 1.54) is 25.7 Å². The highest BCUT2D eigenvalue weighted by Crippen LogP contribution is 2.38. The van der Waals surface area contributed by atoms with Gasteiger partial charge >= 0.3 is 0 Å². The lowest BCUT2D eigenvalue weighted by atomic mass is 10.1. The molecular formula is C22H29ClN6O. The standard InChI is InChI=1S/C22H29ClN6O/c23-17-14-16(22(30)27-10-4-2-5-11-27)15-24-20(17)28-13-7-8-18(28)21-26-25-19-9-3-1-6-12-29(19)21/h14-15,18H,1-13H2. The fraction of sp³-hybridized carbons (Fsp3) is 0.636. The lowest BCUT2D eigenvalue weighted by molar-refractivity contribution is 0.0724. The number of carbonyl (C=O) groups is 1. The minimum Gasteiger partial charge on any atom is -0.345 e. The number of aryl methyl sites for hydroxylation is 1. The maximum atomic E-state index is 12.8. The van der Waals surface area contributed by atoms with Crippen molar-refractivity contribution in [1.82, 2.24) is 24.6 Å². The highest BCUT2D eigenvalue weighted by molar-refractivity contribution is 6.33. The fourth-order valence-corrected chi connectivity index (χ4v) is 5.36. The highest BCUT2D eigenvalue weighted by atomic mass is 35.5. The minimum atomic E-state index is 0.0383. The van der Waals surface area contributed by atoms with E-state index >= 15 is 0 Å². The van der Waals surface area contributed by atoms with Crippen molar-refractivity contribution >= 4 is 23.3 Å². The molecule has 2 fully saturated rings. The van der Waals surface area contributed by atoms with Crippen LogP contribution in [0.4, 0.5) is 5.82 Å². The second-order valence-corrected chi connectivity index (χ2v) is 9.08. The molecule has 8 heteroatoms. The van der Waals surface area contributed by atoms with Gasteiger partial charge in [-0.05, 0) is 51.0 Å². The fourth-order valence-electron chi connectivity index (χ4n) is 5.08. The molecule has 1 amide bonds. The van der Waals surface area contributed by atoms with Gasteiger partial charge in [-0.15, -0.1) is 10.2 Å². The predicted molar refractivity (Wildman–Crippen MR) is 116 cm³/mol. The minimum absolute atomic E-state index is 0.0383. The molecule has 0 aromatic carbocycles. The van der Waals surface area contributed by atoms with Crippen molar-refractivity contribution in [2.24, 2.45) is 0 Å². The number of piperidine rings is 1. The second-order valence-electron chi connectivity index (χ2n) is 8.67. The van der Waals surface area contributed by atoms with Crippen LogP contribution in [0, 0.1) is 0 Å². The maximum absolute atomic E-state index is 12.8. The van der Waals surface area contributed by atoms with E-state index in [0.29, 0.717) is 10.6 Å². The summed E-state index contributed by atoms with van der Waals surface area (Å²) in [4.78, 5) is 21.6. The Labute approximate surface area is 182 Å². The van der Waals surface area contributed by atoms with Crippen molar-refractivity contribution in [3.63, 3.8) is 0 Å². The Bertz CT molecular complexity index is 922. The molecule has 3 aliphatic rings. The predicted octanol–water partition coefficient (Wildman–Crippen LogP) is 4.02. The Hall–Kier alpha value is -2.15. The first-order valence-corrected chi connectivity index (χ1v) is 11.7. The number of nitrogens with zero attached hydrogens (tertiary/aromatic N) is 6. The third-order valence-corrected chi connectivity index (χ3v) is 6.95. The lowest BCUT2D eigenvalue weighted by Gasteiger charge is -2.28. The summed E-state index contributed by atoms with van der Waals surface area (Å²) in [6, 6.07) is 1.93. The van der Waals surface area contributed by atoms with Crippen molar-refractivity contribution in [3.8, 4) is 0 Å². The number of anilines is 1. The number of pyridine rings is 1. The number of hydrogen-bond acceptors (Lipinski definition) is 5. The second kappa shape index (κ2) is 8.53. The molecule has 1 atom stereocenters. The van der Waals surface area contributed by atoms with E-state index in [1.807, 2.05) is 4.90 Å². The Morgan fingerprint density at radius 2 is 1.77 bits per heavy atom. The third kappa shape index (κ3) is 3.68. The van der Waals surface area contributed by atoms with Crippen molar-refractivity contribution in [2.75, 3.05) is 24.5 Å². The molecule has 2 saturated heterocycles. The molecule has 160 valence electrons. The van der Waals surface area contributed by atoms with Gasteiger partial charge in [0, 0.05) is 38.8 Å². The van der Waals surface area contributed by atoms with Crippen molar-refractivity contribution in [2.45, 2.75) is 70.4 Å². The number of carbonyl (C=O) groups excluding carboxylic acids is 1. The van der Waals surface area contributed by atoms with Crippen LogP contribution in [0.15, 0.2) is 12.3 Å². The van der Waals surface area contributed by atoms with Crippen LogP contribution in [0.25, 0.3) is 0 Å². The van der Waals surface area contributed by atoms with E-state index < -0.39 is 0 Å². The van der Waals surface area contributed by atoms with E-state index in [4.69, 9.17) is 11.6 Å². The molecular weight excluding hydrogens is 400 g/mol. The van der Waals surface area contributed by atoms with Gasteiger partial charge in [0.05, 0.1) is 16.6 Å². The third-order valence-electron chi connectivity index (χ3n) is 6.67. The van der Waals surface area contributed by atoms with Gasteiger partial charge in [0.15, 0.2) is 5.82 Å². The van der Waals surface area contributed by atoms with Crippen molar-refractivity contribution < 1.29 is 4.79 Å². The molecule has 2 aromatic heterocycles. The van der Waals surface area contributed by atoms with Crippen LogP contribution in [0.1, 0.15) is 79.4 Å². The number of likely N-dealkylation sites (tertiary alicyclic amines) is 1. The maximum Gasteiger partial charge on any atom is 0.255 e. The van der Waals surface area contributed by atoms with Gasteiger partial charge in [0.2, 0.25) is 0 Å². The molecule has 0 N–H and O–H groups in total. The molecule has 0 spiro atoms. The lowest BCUT2D eigenvalue weighted by Crippen LogP contribution is -2.35. The van der Waals surface area contributed by atoms with Crippen LogP contribution in [-0.2, 0) is 13.0 Å². The normalized spacial score (nSPS) is 22.1. The van der Waals surface area contributed by atoms with E-state index in [0.717, 1.165) is 75.7 Å². The first-order chi connectivity index (χ1) is 14.7. The molecule has 0 saturated carbocycles. The molecule has 5 heterocycles. The summed E-state index contributed by atoms with van der Waals surface area (Å²) < 4.78 is 2.32. The van der Waals surface area contributed by atoms with E-state index in [1.54, 1.807) is 12.3 Å². The van der Waals surface area contributed by atoms with Gasteiger partial charge in [-0.25, -0.2) is 4.98 Å².